The van der Waals surface area contributed by atoms with Crippen molar-refractivity contribution in [3.63, 3.8) is 0 Å². The fourth-order valence-electron chi connectivity index (χ4n) is 3.53. The molecule has 0 bridgehead atoms. The Balaban J connectivity index is 1.40. The summed E-state index contributed by atoms with van der Waals surface area (Å²) in [7, 11) is 0. The van der Waals surface area contributed by atoms with Gasteiger partial charge in [-0.2, -0.15) is 0 Å². The molecule has 154 valence electrons. The highest BCUT2D eigenvalue weighted by molar-refractivity contribution is 5.94. The number of carbonyl (C=O) groups excluding carboxylic acids is 1. The van der Waals surface area contributed by atoms with E-state index in [2.05, 4.69) is 16.7 Å². The average Bonchev–Trinajstić information content (AvgIpc) is 2.83. The standard InChI is InChI=1S/C25H21N3O3/c29-25(22-8-4-7-21(19-22)10-9-20-5-2-1-3-6-20)27-17-15-26(16-18-27)23-11-13-24(14-12-23)28(30)31/h1-8,11-14,19H,15-18H2. The van der Waals surface area contributed by atoms with Gasteiger partial charge in [0.25, 0.3) is 11.6 Å². The third-order valence-corrected chi connectivity index (χ3v) is 5.23. The molecule has 0 atom stereocenters. The zero-order valence-corrected chi connectivity index (χ0v) is 16.9. The van der Waals surface area contributed by atoms with Gasteiger partial charge in [-0.15, -0.1) is 0 Å². The predicted octanol–water partition coefficient (Wildman–Crippen LogP) is 3.96. The van der Waals surface area contributed by atoms with Gasteiger partial charge in [0.1, 0.15) is 0 Å². The molecule has 1 amide bonds. The number of piperazine rings is 1. The van der Waals surface area contributed by atoms with Crippen LogP contribution in [0, 0.1) is 22.0 Å². The van der Waals surface area contributed by atoms with Crippen LogP contribution in [0.2, 0.25) is 0 Å². The monoisotopic (exact) mass is 411 g/mol. The van der Waals surface area contributed by atoms with Gasteiger partial charge >= 0.3 is 0 Å². The Bertz CT molecular complexity index is 1140. The lowest BCUT2D eigenvalue weighted by molar-refractivity contribution is -0.384. The van der Waals surface area contributed by atoms with Gasteiger partial charge in [-0.1, -0.05) is 36.1 Å². The summed E-state index contributed by atoms with van der Waals surface area (Å²) in [5.74, 6) is 6.23. The maximum absolute atomic E-state index is 13.0. The van der Waals surface area contributed by atoms with E-state index >= 15 is 0 Å². The van der Waals surface area contributed by atoms with Crippen LogP contribution in [0.1, 0.15) is 21.5 Å². The molecule has 1 heterocycles. The van der Waals surface area contributed by atoms with E-state index in [-0.39, 0.29) is 11.6 Å². The minimum atomic E-state index is -0.404. The number of nitro benzene ring substituents is 1. The van der Waals surface area contributed by atoms with E-state index in [1.54, 1.807) is 12.1 Å². The number of amides is 1. The summed E-state index contributed by atoms with van der Waals surface area (Å²) >= 11 is 0. The number of nitro groups is 1. The number of hydrogen-bond acceptors (Lipinski definition) is 4. The summed E-state index contributed by atoms with van der Waals surface area (Å²) in [6, 6.07) is 23.7. The molecule has 1 aliphatic heterocycles. The Hall–Kier alpha value is -4.11. The molecule has 0 radical (unpaired) electrons. The van der Waals surface area contributed by atoms with Crippen molar-refractivity contribution in [2.24, 2.45) is 0 Å². The highest BCUT2D eigenvalue weighted by Gasteiger charge is 2.22. The second-order valence-corrected chi connectivity index (χ2v) is 7.25. The predicted molar refractivity (Wildman–Crippen MR) is 120 cm³/mol. The Morgan fingerprint density at radius 1 is 0.806 bits per heavy atom. The van der Waals surface area contributed by atoms with Crippen LogP contribution in [-0.4, -0.2) is 41.9 Å². The minimum Gasteiger partial charge on any atom is -0.368 e. The number of anilines is 1. The summed E-state index contributed by atoms with van der Waals surface area (Å²) in [6.45, 7) is 2.54. The molecule has 1 aliphatic rings. The summed E-state index contributed by atoms with van der Waals surface area (Å²) in [6.07, 6.45) is 0. The van der Waals surface area contributed by atoms with Crippen LogP contribution < -0.4 is 4.90 Å². The zero-order valence-electron chi connectivity index (χ0n) is 16.9. The molecule has 3 aromatic rings. The Morgan fingerprint density at radius 2 is 1.45 bits per heavy atom. The van der Waals surface area contributed by atoms with Crippen LogP contribution in [-0.2, 0) is 0 Å². The van der Waals surface area contributed by atoms with Crippen LogP contribution >= 0.6 is 0 Å². The van der Waals surface area contributed by atoms with Crippen molar-refractivity contribution in [3.8, 4) is 11.8 Å². The van der Waals surface area contributed by atoms with Crippen LogP contribution in [0.5, 0.6) is 0 Å². The first-order valence-corrected chi connectivity index (χ1v) is 10.1. The molecule has 31 heavy (non-hydrogen) atoms. The van der Waals surface area contributed by atoms with Gasteiger partial charge in [0, 0.05) is 60.7 Å². The van der Waals surface area contributed by atoms with Gasteiger partial charge in [0.2, 0.25) is 0 Å². The highest BCUT2D eigenvalue weighted by Crippen LogP contribution is 2.21. The molecule has 1 fully saturated rings. The lowest BCUT2D eigenvalue weighted by atomic mass is 10.1. The van der Waals surface area contributed by atoms with Gasteiger partial charge < -0.3 is 9.80 Å². The Kier molecular flexibility index (Phi) is 5.95. The van der Waals surface area contributed by atoms with Crippen molar-refractivity contribution >= 4 is 17.3 Å². The molecular formula is C25H21N3O3. The third kappa shape index (κ3) is 4.90. The maximum Gasteiger partial charge on any atom is 0.269 e. The number of carbonyl (C=O) groups is 1. The molecule has 3 aromatic carbocycles. The topological polar surface area (TPSA) is 66.7 Å². The van der Waals surface area contributed by atoms with E-state index in [0.717, 1.165) is 16.8 Å². The van der Waals surface area contributed by atoms with Crippen molar-refractivity contribution in [2.75, 3.05) is 31.1 Å². The average molecular weight is 411 g/mol. The molecule has 0 aromatic heterocycles. The number of non-ortho nitro benzene ring substituents is 1. The first-order valence-electron chi connectivity index (χ1n) is 10.1. The highest BCUT2D eigenvalue weighted by atomic mass is 16.6. The lowest BCUT2D eigenvalue weighted by Gasteiger charge is -2.36. The van der Waals surface area contributed by atoms with Crippen molar-refractivity contribution in [1.29, 1.82) is 0 Å². The van der Waals surface area contributed by atoms with Crippen molar-refractivity contribution in [1.82, 2.24) is 4.90 Å². The van der Waals surface area contributed by atoms with Gasteiger partial charge in [0.15, 0.2) is 0 Å². The van der Waals surface area contributed by atoms with Crippen LogP contribution in [0.4, 0.5) is 11.4 Å². The maximum atomic E-state index is 13.0. The lowest BCUT2D eigenvalue weighted by Crippen LogP contribution is -2.48. The van der Waals surface area contributed by atoms with Gasteiger partial charge in [-0.3, -0.25) is 14.9 Å². The number of benzene rings is 3. The second kappa shape index (κ2) is 9.14. The van der Waals surface area contributed by atoms with Crippen LogP contribution in [0.15, 0.2) is 78.9 Å². The number of hydrogen-bond donors (Lipinski definition) is 0. The molecule has 0 N–H and O–H groups in total. The molecular weight excluding hydrogens is 390 g/mol. The molecule has 0 aliphatic carbocycles. The van der Waals surface area contributed by atoms with E-state index in [1.165, 1.54) is 12.1 Å². The van der Waals surface area contributed by atoms with E-state index in [0.29, 0.717) is 31.7 Å². The summed E-state index contributed by atoms with van der Waals surface area (Å²) in [5, 5.41) is 10.8. The third-order valence-electron chi connectivity index (χ3n) is 5.23. The molecule has 0 spiro atoms. The number of nitrogens with zero attached hydrogens (tertiary/aromatic N) is 3. The van der Waals surface area contributed by atoms with E-state index < -0.39 is 4.92 Å². The van der Waals surface area contributed by atoms with Crippen molar-refractivity contribution in [3.05, 3.63) is 106 Å². The molecule has 6 heteroatoms. The van der Waals surface area contributed by atoms with Gasteiger partial charge in [0.05, 0.1) is 4.92 Å². The second-order valence-electron chi connectivity index (χ2n) is 7.25. The quantitative estimate of drug-likeness (QED) is 0.372. The Morgan fingerprint density at radius 3 is 2.13 bits per heavy atom. The largest absolute Gasteiger partial charge is 0.368 e. The molecule has 0 unspecified atom stereocenters. The Labute approximate surface area is 180 Å². The van der Waals surface area contributed by atoms with Gasteiger partial charge in [-0.25, -0.2) is 0 Å². The normalized spacial score (nSPS) is 13.3. The van der Waals surface area contributed by atoms with Crippen LogP contribution in [0.3, 0.4) is 0 Å². The summed E-state index contributed by atoms with van der Waals surface area (Å²) in [4.78, 5) is 27.4. The first kappa shape index (κ1) is 20.2. The van der Waals surface area contributed by atoms with E-state index in [4.69, 9.17) is 0 Å². The van der Waals surface area contributed by atoms with Gasteiger partial charge in [-0.05, 0) is 42.5 Å². The van der Waals surface area contributed by atoms with E-state index in [9.17, 15) is 14.9 Å². The first-order chi connectivity index (χ1) is 15.1. The van der Waals surface area contributed by atoms with Crippen molar-refractivity contribution in [2.45, 2.75) is 0 Å². The number of rotatable bonds is 3. The van der Waals surface area contributed by atoms with Crippen LogP contribution in [0.25, 0.3) is 0 Å². The van der Waals surface area contributed by atoms with Crippen molar-refractivity contribution < 1.29 is 9.72 Å². The molecule has 1 saturated heterocycles. The fraction of sp³-hybridized carbons (Fsp3) is 0.160. The smallest absolute Gasteiger partial charge is 0.269 e. The SMILES string of the molecule is O=C(c1cccc(C#Cc2ccccc2)c1)N1CCN(c2ccc([N+](=O)[O-])cc2)CC1. The fourth-order valence-corrected chi connectivity index (χ4v) is 3.53. The summed E-state index contributed by atoms with van der Waals surface area (Å²) < 4.78 is 0. The molecule has 6 nitrogen and oxygen atoms in total. The zero-order chi connectivity index (χ0) is 21.6. The summed E-state index contributed by atoms with van der Waals surface area (Å²) in [5.41, 5.74) is 3.37. The molecule has 0 saturated carbocycles. The van der Waals surface area contributed by atoms with E-state index in [1.807, 2.05) is 59.5 Å². The molecule has 4 rings (SSSR count). The minimum absolute atomic E-state index is 0.00768.